The number of hydrogen-bond donors (Lipinski definition) is 1. The molecule has 1 aromatic carbocycles. The molecular weight excluding hydrogens is 296 g/mol. The van der Waals surface area contributed by atoms with Gasteiger partial charge in [0.05, 0.1) is 13.5 Å². The van der Waals surface area contributed by atoms with Crippen LogP contribution in [0.25, 0.3) is 0 Å². The van der Waals surface area contributed by atoms with Crippen LogP contribution in [0.2, 0.25) is 5.02 Å². The molecule has 114 valence electrons. The second-order valence-corrected chi connectivity index (χ2v) is 5.76. The number of benzene rings is 1. The number of halogens is 1. The van der Waals surface area contributed by atoms with Crippen molar-refractivity contribution >= 4 is 17.6 Å². The van der Waals surface area contributed by atoms with Crippen LogP contribution < -0.4 is 14.2 Å². The van der Waals surface area contributed by atoms with Crippen LogP contribution in [0.5, 0.6) is 17.2 Å². The van der Waals surface area contributed by atoms with E-state index >= 15 is 0 Å². The number of rotatable bonds is 5. The molecule has 2 aliphatic rings. The number of carboxylic acid groups (broad SMARTS) is 1. The van der Waals surface area contributed by atoms with Gasteiger partial charge in [0.2, 0.25) is 0 Å². The van der Waals surface area contributed by atoms with Crippen molar-refractivity contribution in [1.29, 1.82) is 0 Å². The van der Waals surface area contributed by atoms with Gasteiger partial charge in [-0.2, -0.15) is 0 Å². The summed E-state index contributed by atoms with van der Waals surface area (Å²) in [5.41, 5.74) is 0.802. The zero-order chi connectivity index (χ0) is 15.0. The Balaban J connectivity index is 2.07. The lowest BCUT2D eigenvalue weighted by Crippen LogP contribution is -2.17. The number of hydrogen-bond acceptors (Lipinski definition) is 4. The van der Waals surface area contributed by atoms with Gasteiger partial charge >= 0.3 is 5.97 Å². The monoisotopic (exact) mass is 312 g/mol. The molecule has 3 rings (SSSR count). The van der Waals surface area contributed by atoms with Crippen molar-refractivity contribution in [3.63, 3.8) is 0 Å². The molecule has 1 heterocycles. The zero-order valence-corrected chi connectivity index (χ0v) is 12.5. The maximum Gasteiger partial charge on any atom is 0.303 e. The van der Waals surface area contributed by atoms with Gasteiger partial charge in [-0.3, -0.25) is 4.79 Å². The Morgan fingerprint density at radius 1 is 1.48 bits per heavy atom. The number of methoxy groups -OCH3 is 1. The summed E-state index contributed by atoms with van der Waals surface area (Å²) in [6, 6.07) is 1.82. The summed E-state index contributed by atoms with van der Waals surface area (Å²) in [7, 11) is 1.53. The fourth-order valence-corrected chi connectivity index (χ4v) is 3.18. The fraction of sp³-hybridized carbons (Fsp3) is 0.533. The maximum atomic E-state index is 11.2. The molecule has 0 saturated heterocycles. The lowest BCUT2D eigenvalue weighted by Gasteiger charge is -2.25. The summed E-state index contributed by atoms with van der Waals surface area (Å²) in [5.74, 6) is 0.991. The van der Waals surface area contributed by atoms with Gasteiger partial charge in [0.15, 0.2) is 11.5 Å². The van der Waals surface area contributed by atoms with Crippen molar-refractivity contribution in [2.24, 2.45) is 5.92 Å². The summed E-state index contributed by atoms with van der Waals surface area (Å²) >= 11 is 6.36. The van der Waals surface area contributed by atoms with Crippen LogP contribution in [0.3, 0.4) is 0 Å². The highest BCUT2D eigenvalue weighted by Gasteiger charge is 2.37. The van der Waals surface area contributed by atoms with Gasteiger partial charge in [-0.1, -0.05) is 11.6 Å². The smallest absolute Gasteiger partial charge is 0.303 e. The standard InChI is InChI=1S/C15H17ClO5/c1-19-14-10(9(7-12(17)18)8-2-3-8)6-11-15(13(14)16)21-5-4-20-11/h6,8-9H,2-5,7H2,1H3,(H,17,18). The predicted molar refractivity (Wildman–Crippen MR) is 76.7 cm³/mol. The van der Waals surface area contributed by atoms with Gasteiger partial charge in [0, 0.05) is 11.5 Å². The molecule has 1 unspecified atom stereocenters. The maximum absolute atomic E-state index is 11.2. The molecular formula is C15H17ClO5. The predicted octanol–water partition coefficient (Wildman–Crippen LogP) is 3.09. The Morgan fingerprint density at radius 2 is 2.19 bits per heavy atom. The molecule has 5 nitrogen and oxygen atoms in total. The molecule has 1 N–H and O–H groups in total. The second-order valence-electron chi connectivity index (χ2n) is 5.38. The average Bonchev–Trinajstić information content (AvgIpc) is 3.29. The number of carbonyl (C=O) groups is 1. The molecule has 1 aliphatic heterocycles. The van der Waals surface area contributed by atoms with Crippen LogP contribution >= 0.6 is 11.6 Å². The molecule has 0 bridgehead atoms. The van der Waals surface area contributed by atoms with Crippen molar-refractivity contribution in [3.8, 4) is 17.2 Å². The normalized spacial score (nSPS) is 18.2. The second kappa shape index (κ2) is 5.64. The molecule has 1 aliphatic carbocycles. The van der Waals surface area contributed by atoms with Gasteiger partial charge in [-0.25, -0.2) is 0 Å². The molecule has 0 aromatic heterocycles. The van der Waals surface area contributed by atoms with E-state index in [9.17, 15) is 4.79 Å². The van der Waals surface area contributed by atoms with Crippen molar-refractivity contribution in [2.75, 3.05) is 20.3 Å². The minimum atomic E-state index is -0.819. The summed E-state index contributed by atoms with van der Waals surface area (Å²) < 4.78 is 16.5. The third kappa shape index (κ3) is 2.75. The van der Waals surface area contributed by atoms with Crippen LogP contribution in [0, 0.1) is 5.92 Å². The SMILES string of the molecule is COc1c(C(CC(=O)O)C2CC2)cc2c(c1Cl)OCCO2. The van der Waals surface area contributed by atoms with E-state index in [0.717, 1.165) is 18.4 Å². The average molecular weight is 313 g/mol. The Bertz CT molecular complexity index is 568. The zero-order valence-electron chi connectivity index (χ0n) is 11.7. The van der Waals surface area contributed by atoms with Crippen LogP contribution in [0.1, 0.15) is 30.7 Å². The minimum Gasteiger partial charge on any atom is -0.495 e. The first-order chi connectivity index (χ1) is 10.1. The Labute approximate surface area is 127 Å². The van der Waals surface area contributed by atoms with Gasteiger partial charge in [0.25, 0.3) is 0 Å². The molecule has 1 atom stereocenters. The Kier molecular flexibility index (Phi) is 3.85. The lowest BCUT2D eigenvalue weighted by molar-refractivity contribution is -0.137. The van der Waals surface area contributed by atoms with Gasteiger partial charge in [0.1, 0.15) is 24.0 Å². The molecule has 6 heteroatoms. The topological polar surface area (TPSA) is 65.0 Å². The van der Waals surface area contributed by atoms with E-state index in [0.29, 0.717) is 41.4 Å². The summed E-state index contributed by atoms with van der Waals surface area (Å²) in [6.07, 6.45) is 2.14. The molecule has 1 fully saturated rings. The van der Waals surface area contributed by atoms with Crippen LogP contribution in [0.15, 0.2) is 6.07 Å². The molecule has 1 aromatic rings. The number of fused-ring (bicyclic) bond motifs is 1. The van der Waals surface area contributed by atoms with Gasteiger partial charge in [-0.05, 0) is 24.8 Å². The Morgan fingerprint density at radius 3 is 2.81 bits per heavy atom. The minimum absolute atomic E-state index is 0.0665. The quantitative estimate of drug-likeness (QED) is 0.905. The fourth-order valence-electron chi connectivity index (χ4n) is 2.85. The molecule has 0 spiro atoms. The molecule has 21 heavy (non-hydrogen) atoms. The van der Waals surface area contributed by atoms with Crippen LogP contribution in [-0.4, -0.2) is 31.4 Å². The van der Waals surface area contributed by atoms with E-state index in [1.807, 2.05) is 6.07 Å². The van der Waals surface area contributed by atoms with Crippen molar-refractivity contribution in [1.82, 2.24) is 0 Å². The van der Waals surface area contributed by atoms with Crippen molar-refractivity contribution < 1.29 is 24.1 Å². The highest BCUT2D eigenvalue weighted by molar-refractivity contribution is 6.34. The van der Waals surface area contributed by atoms with E-state index < -0.39 is 5.97 Å². The summed E-state index contributed by atoms with van der Waals surface area (Å²) in [5, 5.41) is 9.53. The first-order valence-corrected chi connectivity index (χ1v) is 7.37. The van der Waals surface area contributed by atoms with Crippen LogP contribution in [0.4, 0.5) is 0 Å². The van der Waals surface area contributed by atoms with Gasteiger partial charge < -0.3 is 19.3 Å². The van der Waals surface area contributed by atoms with E-state index in [2.05, 4.69) is 0 Å². The number of ether oxygens (including phenoxy) is 3. The largest absolute Gasteiger partial charge is 0.495 e. The number of carboxylic acids is 1. The first kappa shape index (κ1) is 14.3. The summed E-state index contributed by atoms with van der Waals surface area (Å²) in [4.78, 5) is 11.2. The van der Waals surface area contributed by atoms with Crippen molar-refractivity contribution in [2.45, 2.75) is 25.2 Å². The number of aliphatic carboxylic acids is 1. The molecule has 1 saturated carbocycles. The highest BCUT2D eigenvalue weighted by Crippen LogP contribution is 2.53. The van der Waals surface area contributed by atoms with Crippen molar-refractivity contribution in [3.05, 3.63) is 16.7 Å². The third-order valence-corrected chi connectivity index (χ3v) is 4.29. The third-order valence-electron chi connectivity index (χ3n) is 3.95. The van der Waals surface area contributed by atoms with E-state index in [-0.39, 0.29) is 12.3 Å². The van der Waals surface area contributed by atoms with E-state index in [1.54, 1.807) is 0 Å². The Hall–Kier alpha value is -1.62. The first-order valence-electron chi connectivity index (χ1n) is 6.99. The molecule has 0 amide bonds. The van der Waals surface area contributed by atoms with E-state index in [1.165, 1.54) is 7.11 Å². The van der Waals surface area contributed by atoms with Crippen LogP contribution in [-0.2, 0) is 4.79 Å². The van der Waals surface area contributed by atoms with Gasteiger partial charge in [-0.15, -0.1) is 0 Å². The molecule has 0 radical (unpaired) electrons. The summed E-state index contributed by atoms with van der Waals surface area (Å²) in [6.45, 7) is 0.901. The lowest BCUT2D eigenvalue weighted by atomic mass is 9.89. The highest BCUT2D eigenvalue weighted by atomic mass is 35.5. The van der Waals surface area contributed by atoms with E-state index in [4.69, 9.17) is 30.9 Å².